The van der Waals surface area contributed by atoms with Crippen LogP contribution in [0.4, 0.5) is 0 Å². The van der Waals surface area contributed by atoms with Crippen molar-refractivity contribution >= 4 is 17.8 Å². The Morgan fingerprint density at radius 1 is 1.09 bits per heavy atom. The van der Waals surface area contributed by atoms with Gasteiger partial charge in [0, 0.05) is 6.42 Å². The fraction of sp³-hybridized carbons (Fsp3) is 0.471. The van der Waals surface area contributed by atoms with Crippen molar-refractivity contribution in [3.05, 3.63) is 29.8 Å². The van der Waals surface area contributed by atoms with Gasteiger partial charge in [-0.15, -0.1) is 0 Å². The van der Waals surface area contributed by atoms with E-state index in [-0.39, 0.29) is 35.8 Å². The topological polar surface area (TPSA) is 94.9 Å². The highest BCUT2D eigenvalue weighted by atomic mass is 16.4. The van der Waals surface area contributed by atoms with Gasteiger partial charge in [-0.1, -0.05) is 25.0 Å². The van der Waals surface area contributed by atoms with Crippen LogP contribution in [0.5, 0.6) is 5.75 Å². The van der Waals surface area contributed by atoms with Crippen molar-refractivity contribution in [3.63, 3.8) is 0 Å². The van der Waals surface area contributed by atoms with Crippen LogP contribution in [0.1, 0.15) is 31.2 Å². The van der Waals surface area contributed by atoms with E-state index in [2.05, 4.69) is 0 Å². The Bertz CT molecular complexity index is 615. The zero-order valence-corrected chi connectivity index (χ0v) is 12.6. The van der Waals surface area contributed by atoms with Gasteiger partial charge in [0.1, 0.15) is 11.8 Å². The Balaban J connectivity index is 1.85. The first-order valence-electron chi connectivity index (χ1n) is 7.86. The average molecular weight is 317 g/mol. The average Bonchev–Trinajstić information content (AvgIpc) is 2.79. The van der Waals surface area contributed by atoms with Crippen molar-refractivity contribution < 1.29 is 24.6 Å². The van der Waals surface area contributed by atoms with Gasteiger partial charge in [-0.3, -0.25) is 14.5 Å². The fourth-order valence-electron chi connectivity index (χ4n) is 3.64. The van der Waals surface area contributed by atoms with E-state index >= 15 is 0 Å². The normalized spacial score (nSPS) is 25.3. The van der Waals surface area contributed by atoms with Crippen LogP contribution in [0.25, 0.3) is 0 Å². The Labute approximate surface area is 133 Å². The number of carbonyl (C=O) groups excluding carboxylic acids is 2. The number of fused-ring (bicyclic) bond motifs is 1. The smallest absolute Gasteiger partial charge is 0.327 e. The summed E-state index contributed by atoms with van der Waals surface area (Å²) in [5.74, 6) is -2.48. The summed E-state index contributed by atoms with van der Waals surface area (Å²) in [6, 6.07) is 4.93. The molecule has 2 N–H and O–H groups in total. The summed E-state index contributed by atoms with van der Waals surface area (Å²) in [4.78, 5) is 37.7. The van der Waals surface area contributed by atoms with Crippen molar-refractivity contribution in [2.45, 2.75) is 38.1 Å². The van der Waals surface area contributed by atoms with Gasteiger partial charge in [-0.2, -0.15) is 0 Å². The molecule has 6 nitrogen and oxygen atoms in total. The van der Waals surface area contributed by atoms with E-state index in [4.69, 9.17) is 0 Å². The first-order chi connectivity index (χ1) is 11.0. The van der Waals surface area contributed by atoms with Crippen molar-refractivity contribution in [1.29, 1.82) is 0 Å². The third kappa shape index (κ3) is 2.81. The molecule has 6 heteroatoms. The van der Waals surface area contributed by atoms with Gasteiger partial charge in [0.05, 0.1) is 11.8 Å². The number of amides is 2. The van der Waals surface area contributed by atoms with Gasteiger partial charge in [-0.25, -0.2) is 4.79 Å². The van der Waals surface area contributed by atoms with Gasteiger partial charge < -0.3 is 10.2 Å². The molecular weight excluding hydrogens is 298 g/mol. The first-order valence-corrected chi connectivity index (χ1v) is 7.86. The lowest BCUT2D eigenvalue weighted by Gasteiger charge is -2.23. The molecule has 122 valence electrons. The molecule has 1 heterocycles. The van der Waals surface area contributed by atoms with E-state index in [1.54, 1.807) is 12.1 Å². The van der Waals surface area contributed by atoms with E-state index in [0.29, 0.717) is 18.4 Å². The maximum Gasteiger partial charge on any atom is 0.327 e. The number of carboxylic acid groups (broad SMARTS) is 1. The number of rotatable bonds is 4. The molecule has 3 atom stereocenters. The third-order valence-electron chi connectivity index (χ3n) is 4.84. The monoisotopic (exact) mass is 317 g/mol. The highest BCUT2D eigenvalue weighted by Gasteiger charge is 2.51. The van der Waals surface area contributed by atoms with Crippen LogP contribution in [0, 0.1) is 11.8 Å². The van der Waals surface area contributed by atoms with Crippen LogP contribution in [-0.2, 0) is 20.8 Å². The van der Waals surface area contributed by atoms with Crippen LogP contribution in [0.15, 0.2) is 24.3 Å². The van der Waals surface area contributed by atoms with Crippen molar-refractivity contribution in [3.8, 4) is 5.75 Å². The number of phenols is 1. The van der Waals surface area contributed by atoms with Gasteiger partial charge in [0.2, 0.25) is 11.8 Å². The zero-order valence-electron chi connectivity index (χ0n) is 12.6. The second kappa shape index (κ2) is 6.02. The van der Waals surface area contributed by atoms with Crippen molar-refractivity contribution in [1.82, 2.24) is 4.90 Å². The molecule has 0 unspecified atom stereocenters. The number of phenolic OH excluding ortho intramolecular Hbond substituents is 1. The number of imide groups is 1. The van der Waals surface area contributed by atoms with Crippen LogP contribution >= 0.6 is 0 Å². The molecule has 1 saturated carbocycles. The molecule has 2 amide bonds. The standard InChI is InChI=1S/C17H19NO5/c19-11-7-5-10(6-8-11)9-14(17(22)23)18-15(20)12-3-1-2-4-13(12)16(18)21/h5-8,12-14,19H,1-4,9H2,(H,22,23)/t12-,13+,14-/m1/s1. The molecule has 1 saturated heterocycles. The van der Waals surface area contributed by atoms with E-state index < -0.39 is 12.0 Å². The van der Waals surface area contributed by atoms with E-state index in [9.17, 15) is 24.6 Å². The quantitative estimate of drug-likeness (QED) is 0.822. The number of carboxylic acids is 1. The lowest BCUT2D eigenvalue weighted by Crippen LogP contribution is -2.46. The lowest BCUT2D eigenvalue weighted by molar-refractivity contribution is -0.155. The summed E-state index contributed by atoms with van der Waals surface area (Å²) in [6.07, 6.45) is 3.19. The Morgan fingerprint density at radius 2 is 1.61 bits per heavy atom. The Kier molecular flexibility index (Phi) is 4.07. The van der Waals surface area contributed by atoms with Crippen LogP contribution < -0.4 is 0 Å². The summed E-state index contributed by atoms with van der Waals surface area (Å²) in [7, 11) is 0. The number of nitrogens with zero attached hydrogens (tertiary/aromatic N) is 1. The summed E-state index contributed by atoms with van der Waals surface area (Å²) < 4.78 is 0. The molecule has 1 aromatic rings. The zero-order chi connectivity index (χ0) is 16.6. The SMILES string of the molecule is O=C(O)[C@@H](Cc1ccc(O)cc1)N1C(=O)[C@H]2CCCC[C@H]2C1=O. The van der Waals surface area contributed by atoms with Crippen LogP contribution in [0.3, 0.4) is 0 Å². The molecule has 0 radical (unpaired) electrons. The second-order valence-corrected chi connectivity index (χ2v) is 6.27. The fourth-order valence-corrected chi connectivity index (χ4v) is 3.64. The summed E-state index contributed by atoms with van der Waals surface area (Å²) >= 11 is 0. The number of hydrogen-bond donors (Lipinski definition) is 2. The van der Waals surface area contributed by atoms with E-state index in [0.717, 1.165) is 17.7 Å². The molecule has 1 aliphatic carbocycles. The van der Waals surface area contributed by atoms with Crippen LogP contribution in [0.2, 0.25) is 0 Å². The van der Waals surface area contributed by atoms with Crippen molar-refractivity contribution in [2.75, 3.05) is 0 Å². The Hall–Kier alpha value is -2.37. The molecule has 1 aliphatic heterocycles. The molecule has 0 aromatic heterocycles. The molecule has 1 aromatic carbocycles. The van der Waals surface area contributed by atoms with Gasteiger partial charge >= 0.3 is 5.97 Å². The molecule has 0 spiro atoms. The minimum absolute atomic E-state index is 0.0481. The minimum Gasteiger partial charge on any atom is -0.508 e. The largest absolute Gasteiger partial charge is 0.508 e. The number of hydrogen-bond acceptors (Lipinski definition) is 4. The van der Waals surface area contributed by atoms with E-state index in [1.807, 2.05) is 0 Å². The molecule has 2 aliphatic rings. The number of carbonyl (C=O) groups is 3. The third-order valence-corrected chi connectivity index (χ3v) is 4.84. The molecule has 0 bridgehead atoms. The highest BCUT2D eigenvalue weighted by Crippen LogP contribution is 2.39. The summed E-state index contributed by atoms with van der Waals surface area (Å²) in [6.45, 7) is 0. The molecule has 2 fully saturated rings. The van der Waals surface area contributed by atoms with Crippen LogP contribution in [-0.4, -0.2) is 38.9 Å². The predicted molar refractivity (Wildman–Crippen MR) is 80.5 cm³/mol. The molecular formula is C17H19NO5. The van der Waals surface area contributed by atoms with E-state index in [1.165, 1.54) is 12.1 Å². The van der Waals surface area contributed by atoms with Crippen molar-refractivity contribution in [2.24, 2.45) is 11.8 Å². The van der Waals surface area contributed by atoms with Gasteiger partial charge in [-0.05, 0) is 30.5 Å². The number of aliphatic carboxylic acids is 1. The lowest BCUT2D eigenvalue weighted by atomic mass is 9.81. The minimum atomic E-state index is -1.19. The first kappa shape index (κ1) is 15.5. The predicted octanol–water partition coefficient (Wildman–Crippen LogP) is 1.56. The summed E-state index contributed by atoms with van der Waals surface area (Å²) in [5, 5.41) is 18.8. The second-order valence-electron chi connectivity index (χ2n) is 6.27. The Morgan fingerprint density at radius 3 is 2.09 bits per heavy atom. The van der Waals surface area contributed by atoms with Gasteiger partial charge in [0.15, 0.2) is 0 Å². The highest BCUT2D eigenvalue weighted by molar-refractivity contribution is 6.07. The maximum atomic E-state index is 12.5. The number of benzene rings is 1. The molecule has 23 heavy (non-hydrogen) atoms. The number of likely N-dealkylation sites (tertiary alicyclic amines) is 1. The van der Waals surface area contributed by atoms with Gasteiger partial charge in [0.25, 0.3) is 0 Å². The molecule has 3 rings (SSSR count). The summed E-state index contributed by atoms with van der Waals surface area (Å²) in [5.41, 5.74) is 0.658. The maximum absolute atomic E-state index is 12.5. The number of aromatic hydroxyl groups is 1.